The molecule has 1 aromatic rings. The van der Waals surface area contributed by atoms with Crippen molar-refractivity contribution in [2.75, 3.05) is 31.7 Å². The van der Waals surface area contributed by atoms with Crippen molar-refractivity contribution in [3.63, 3.8) is 0 Å². The number of carbonyl (C=O) groups is 5. The van der Waals surface area contributed by atoms with Crippen molar-refractivity contribution in [1.29, 1.82) is 0 Å². The van der Waals surface area contributed by atoms with Crippen LogP contribution in [-0.4, -0.2) is 72.2 Å². The number of esters is 2. The zero-order valence-electron chi connectivity index (χ0n) is 40.7. The second kappa shape index (κ2) is 41.6. The molecule has 0 saturated carbocycles. The van der Waals surface area contributed by atoms with Gasteiger partial charge in [-0.15, -0.1) is 0 Å². The highest BCUT2D eigenvalue weighted by molar-refractivity contribution is 7.47. The first-order valence-electron chi connectivity index (χ1n) is 25.5. The summed E-state index contributed by atoms with van der Waals surface area (Å²) >= 11 is 0. The monoisotopic (exact) mass is 951 g/mol. The molecular formula is C51H87N2O12P. The number of phosphoric acid groups is 1. The van der Waals surface area contributed by atoms with Crippen molar-refractivity contribution in [3.05, 3.63) is 42.0 Å². The molecule has 2 atom stereocenters. The average molecular weight is 951 g/mol. The molecule has 4 N–H and O–H groups in total. The summed E-state index contributed by atoms with van der Waals surface area (Å²) in [6.07, 6.45) is 33.1. The van der Waals surface area contributed by atoms with Gasteiger partial charge in [-0.25, -0.2) is 9.36 Å². The van der Waals surface area contributed by atoms with Gasteiger partial charge in [0.05, 0.1) is 13.2 Å². The lowest BCUT2D eigenvalue weighted by atomic mass is 10.0. The van der Waals surface area contributed by atoms with Crippen LogP contribution in [0.5, 0.6) is 0 Å². The third kappa shape index (κ3) is 38.5. The van der Waals surface area contributed by atoms with Crippen molar-refractivity contribution in [3.8, 4) is 0 Å². The third-order valence-corrected chi connectivity index (χ3v) is 12.3. The van der Waals surface area contributed by atoms with Gasteiger partial charge in [0.15, 0.2) is 6.10 Å². The van der Waals surface area contributed by atoms with Crippen molar-refractivity contribution >= 4 is 43.2 Å². The number of rotatable bonds is 45. The first kappa shape index (κ1) is 60.4. The first-order valence-corrected chi connectivity index (χ1v) is 27.0. The number of hydrogen-bond donors (Lipinski definition) is 4. The van der Waals surface area contributed by atoms with Gasteiger partial charge in [0, 0.05) is 43.6 Å². The van der Waals surface area contributed by atoms with Crippen LogP contribution in [0.25, 0.3) is 0 Å². The predicted molar refractivity (Wildman–Crippen MR) is 261 cm³/mol. The largest absolute Gasteiger partial charge is 0.478 e. The number of ether oxygens (including phenoxy) is 2. The van der Waals surface area contributed by atoms with Crippen LogP contribution in [0.2, 0.25) is 0 Å². The van der Waals surface area contributed by atoms with Crippen LogP contribution in [-0.2, 0) is 53.5 Å². The molecule has 0 aliphatic rings. The summed E-state index contributed by atoms with van der Waals surface area (Å²) in [4.78, 5) is 70.4. The van der Waals surface area contributed by atoms with Crippen LogP contribution in [0.3, 0.4) is 0 Å². The Morgan fingerprint density at radius 3 is 1.55 bits per heavy atom. The molecule has 14 nitrogen and oxygen atoms in total. The Labute approximate surface area is 397 Å². The van der Waals surface area contributed by atoms with Crippen molar-refractivity contribution in [2.45, 2.75) is 219 Å². The van der Waals surface area contributed by atoms with Gasteiger partial charge in [-0.05, 0) is 43.4 Å². The number of amides is 2. The maximum absolute atomic E-state index is 12.8. The number of aliphatic carboxylic acids is 1. The number of unbranched alkanes of at least 4 members (excludes halogenated alkanes) is 24. The van der Waals surface area contributed by atoms with E-state index in [-0.39, 0.29) is 44.9 Å². The minimum absolute atomic E-state index is 0.0498. The van der Waals surface area contributed by atoms with E-state index in [9.17, 15) is 33.4 Å². The van der Waals surface area contributed by atoms with Crippen LogP contribution >= 0.6 is 7.82 Å². The number of carbonyl (C=O) groups excluding carboxylic acids is 4. The second-order valence-corrected chi connectivity index (χ2v) is 18.9. The lowest BCUT2D eigenvalue weighted by Crippen LogP contribution is -2.30. The summed E-state index contributed by atoms with van der Waals surface area (Å²) in [5.41, 5.74) is 1.43. The molecule has 0 saturated heterocycles. The molecule has 0 fully saturated rings. The van der Waals surface area contributed by atoms with Gasteiger partial charge in [0.1, 0.15) is 6.61 Å². The Bertz CT molecular complexity index is 1510. The predicted octanol–water partition coefficient (Wildman–Crippen LogP) is 12.3. The minimum atomic E-state index is -4.61. The molecule has 0 spiro atoms. The Balaban J connectivity index is 2.44. The molecule has 0 bridgehead atoms. The number of hydrogen-bond acceptors (Lipinski definition) is 10. The van der Waals surface area contributed by atoms with Crippen LogP contribution in [0.15, 0.2) is 36.4 Å². The van der Waals surface area contributed by atoms with E-state index in [2.05, 4.69) is 24.5 Å². The molecule has 0 aliphatic carbocycles. The van der Waals surface area contributed by atoms with Crippen LogP contribution in [0.4, 0.5) is 5.69 Å². The number of anilines is 1. The van der Waals surface area contributed by atoms with E-state index < -0.39 is 44.3 Å². The van der Waals surface area contributed by atoms with Crippen molar-refractivity contribution in [1.82, 2.24) is 5.32 Å². The highest BCUT2D eigenvalue weighted by atomic mass is 31.2. The molecule has 66 heavy (non-hydrogen) atoms. The zero-order valence-corrected chi connectivity index (χ0v) is 41.6. The van der Waals surface area contributed by atoms with E-state index in [1.165, 1.54) is 116 Å². The zero-order chi connectivity index (χ0) is 48.4. The molecule has 0 aliphatic heterocycles. The van der Waals surface area contributed by atoms with Gasteiger partial charge < -0.3 is 30.1 Å². The summed E-state index contributed by atoms with van der Waals surface area (Å²) in [5.74, 6) is -2.99. The number of aryl methyl sites for hydroxylation is 1. The SMILES string of the molecule is CCCCCCCCCCCCCCCC(=O)OCC(COP(=O)(O)OCCNC(=O)CCCc1ccc(NC(=O)/C=C\C(=O)O)cc1)OC(=O)CCCCCCCCCCCCCCC. The maximum Gasteiger partial charge on any atom is 0.472 e. The Kier molecular flexibility index (Phi) is 38.1. The molecule has 0 radical (unpaired) electrons. The van der Waals surface area contributed by atoms with Gasteiger partial charge in [-0.3, -0.25) is 28.2 Å². The average Bonchev–Trinajstić information content (AvgIpc) is 3.29. The third-order valence-electron chi connectivity index (χ3n) is 11.3. The highest BCUT2D eigenvalue weighted by Gasteiger charge is 2.26. The molecule has 0 heterocycles. The van der Waals surface area contributed by atoms with Crippen LogP contribution in [0.1, 0.15) is 212 Å². The van der Waals surface area contributed by atoms with Crippen molar-refractivity contribution < 1.29 is 57.1 Å². The number of carboxylic acid groups (broad SMARTS) is 1. The first-order chi connectivity index (χ1) is 31.9. The van der Waals surface area contributed by atoms with Crippen LogP contribution in [0, 0.1) is 0 Å². The second-order valence-electron chi connectivity index (χ2n) is 17.4. The van der Waals surface area contributed by atoms with Gasteiger partial charge >= 0.3 is 25.7 Å². The maximum atomic E-state index is 12.8. The minimum Gasteiger partial charge on any atom is -0.478 e. The highest BCUT2D eigenvalue weighted by Crippen LogP contribution is 2.43. The smallest absolute Gasteiger partial charge is 0.472 e. The molecular weight excluding hydrogens is 864 g/mol. The molecule has 2 unspecified atom stereocenters. The molecule has 0 aromatic heterocycles. The number of carboxylic acids is 1. The summed E-state index contributed by atoms with van der Waals surface area (Å²) in [6.45, 7) is 3.27. The molecule has 15 heteroatoms. The molecule has 2 amide bonds. The van der Waals surface area contributed by atoms with E-state index in [1.54, 1.807) is 24.3 Å². The number of nitrogens with one attached hydrogen (secondary N) is 2. The van der Waals surface area contributed by atoms with Crippen molar-refractivity contribution in [2.24, 2.45) is 0 Å². The van der Waals surface area contributed by atoms with E-state index in [0.29, 0.717) is 31.4 Å². The Morgan fingerprint density at radius 2 is 1.06 bits per heavy atom. The standard InChI is InChI=1S/C51H87N2O12P/c1-3-5-7-9-11-13-15-17-19-21-23-25-27-32-50(58)62-42-46(65-51(59)33-28-26-24-22-20-18-16-14-12-10-8-6-4-2)43-64-66(60,61)63-41-40-52-47(54)31-29-30-44-34-36-45(37-35-44)53-48(55)38-39-49(56)57/h34-39,46H,3-33,40-43H2,1-2H3,(H,52,54)(H,53,55)(H,56,57)(H,60,61)/b39-38-. The summed E-state index contributed by atoms with van der Waals surface area (Å²) < 4.78 is 33.9. The summed E-state index contributed by atoms with van der Waals surface area (Å²) in [5, 5.41) is 13.8. The topological polar surface area (TPSA) is 204 Å². The Hall–Kier alpha value is -3.58. The Morgan fingerprint density at radius 1 is 0.591 bits per heavy atom. The van der Waals surface area contributed by atoms with Gasteiger partial charge in [0.2, 0.25) is 11.8 Å². The number of benzene rings is 1. The summed E-state index contributed by atoms with van der Waals surface area (Å²) in [7, 11) is -4.61. The van der Waals surface area contributed by atoms with E-state index in [1.807, 2.05) is 0 Å². The summed E-state index contributed by atoms with van der Waals surface area (Å²) in [6, 6.07) is 6.93. The molecule has 1 rings (SSSR count). The van der Waals surface area contributed by atoms with Crippen LogP contribution < -0.4 is 10.6 Å². The fourth-order valence-electron chi connectivity index (χ4n) is 7.39. The lowest BCUT2D eigenvalue weighted by molar-refractivity contribution is -0.161. The number of phosphoric ester groups is 1. The van der Waals surface area contributed by atoms with Gasteiger partial charge in [-0.1, -0.05) is 180 Å². The molecule has 1 aromatic carbocycles. The van der Waals surface area contributed by atoms with E-state index in [4.69, 9.17) is 23.6 Å². The fraction of sp³-hybridized carbons (Fsp3) is 0.745. The fourth-order valence-corrected chi connectivity index (χ4v) is 8.14. The lowest BCUT2D eigenvalue weighted by Gasteiger charge is -2.20. The van der Waals surface area contributed by atoms with E-state index >= 15 is 0 Å². The normalized spacial score (nSPS) is 12.7. The van der Waals surface area contributed by atoms with E-state index in [0.717, 1.165) is 56.2 Å². The quantitative estimate of drug-likeness (QED) is 0.0209. The van der Waals surface area contributed by atoms with Gasteiger partial charge in [0.25, 0.3) is 0 Å². The molecule has 378 valence electrons. The van der Waals surface area contributed by atoms with Gasteiger partial charge in [-0.2, -0.15) is 0 Å².